The van der Waals surface area contributed by atoms with E-state index in [4.69, 9.17) is 4.74 Å². The Kier molecular flexibility index (Phi) is 4.94. The van der Waals surface area contributed by atoms with E-state index < -0.39 is 0 Å². The monoisotopic (exact) mass is 296 g/mol. The summed E-state index contributed by atoms with van der Waals surface area (Å²) in [4.78, 5) is 12.0. The number of methoxy groups -OCH3 is 1. The highest BCUT2D eigenvalue weighted by atomic mass is 16.5. The third-order valence-corrected chi connectivity index (χ3v) is 3.60. The number of nitrogens with one attached hydrogen (secondary N) is 1. The van der Waals surface area contributed by atoms with E-state index in [1.807, 2.05) is 13.0 Å². The fourth-order valence-corrected chi connectivity index (χ4v) is 1.97. The van der Waals surface area contributed by atoms with Crippen LogP contribution in [0.3, 0.4) is 0 Å². The average molecular weight is 296 g/mol. The van der Waals surface area contributed by atoms with Crippen LogP contribution in [-0.4, -0.2) is 18.7 Å². The van der Waals surface area contributed by atoms with Crippen LogP contribution in [0.4, 0.5) is 0 Å². The van der Waals surface area contributed by atoms with Crippen molar-refractivity contribution in [2.75, 3.05) is 7.11 Å². The molecule has 2 aromatic carbocycles. The Hall–Kier alpha value is -2.62. The molecule has 0 aliphatic rings. The van der Waals surface area contributed by atoms with Gasteiger partial charge in [-0.1, -0.05) is 12.1 Å². The van der Waals surface area contributed by atoms with E-state index in [0.29, 0.717) is 11.3 Å². The largest absolute Gasteiger partial charge is 0.497 e. The van der Waals surface area contributed by atoms with Gasteiger partial charge in [-0.15, -0.1) is 0 Å². The molecule has 0 atom stereocenters. The maximum absolute atomic E-state index is 12.0. The van der Waals surface area contributed by atoms with E-state index in [1.54, 1.807) is 31.4 Å². The highest BCUT2D eigenvalue weighted by molar-refractivity contribution is 6.01. The van der Waals surface area contributed by atoms with Gasteiger partial charge in [0.25, 0.3) is 5.91 Å². The van der Waals surface area contributed by atoms with Gasteiger partial charge in [0.15, 0.2) is 0 Å². The Labute approximate surface area is 130 Å². The first-order chi connectivity index (χ1) is 10.5. The van der Waals surface area contributed by atoms with Gasteiger partial charge in [0.1, 0.15) is 5.75 Å². The number of hydrogen-bond donors (Lipinski definition) is 1. The maximum atomic E-state index is 12.0. The fraction of sp³-hybridized carbons (Fsp3) is 0.222. The first-order valence-electron chi connectivity index (χ1n) is 7.07. The maximum Gasteiger partial charge on any atom is 0.271 e. The molecule has 114 valence electrons. The van der Waals surface area contributed by atoms with E-state index in [-0.39, 0.29) is 5.91 Å². The first kappa shape index (κ1) is 15.8. The van der Waals surface area contributed by atoms with Crippen LogP contribution < -0.4 is 10.2 Å². The van der Waals surface area contributed by atoms with E-state index in [2.05, 4.69) is 36.5 Å². The number of rotatable bonds is 4. The summed E-state index contributed by atoms with van der Waals surface area (Å²) in [6.07, 6.45) is 0. The predicted octanol–water partition coefficient (Wildman–Crippen LogP) is 3.47. The highest BCUT2D eigenvalue weighted by Gasteiger charge is 2.05. The molecular weight excluding hydrogens is 276 g/mol. The minimum atomic E-state index is -0.245. The second-order valence-corrected chi connectivity index (χ2v) is 5.17. The summed E-state index contributed by atoms with van der Waals surface area (Å²) in [6.45, 7) is 6.00. The number of aryl methyl sites for hydroxylation is 2. The summed E-state index contributed by atoms with van der Waals surface area (Å²) in [6, 6.07) is 13.0. The van der Waals surface area contributed by atoms with Gasteiger partial charge in [-0.05, 0) is 67.8 Å². The number of nitrogens with zero attached hydrogens (tertiary/aromatic N) is 1. The zero-order valence-electron chi connectivity index (χ0n) is 13.3. The van der Waals surface area contributed by atoms with E-state index in [1.165, 1.54) is 11.1 Å². The van der Waals surface area contributed by atoms with Gasteiger partial charge in [-0.3, -0.25) is 4.79 Å². The summed E-state index contributed by atoms with van der Waals surface area (Å²) in [7, 11) is 1.59. The Balaban J connectivity index is 2.08. The molecule has 0 spiro atoms. The quantitative estimate of drug-likeness (QED) is 0.694. The molecule has 4 heteroatoms. The molecule has 2 rings (SSSR count). The molecule has 0 aliphatic carbocycles. The van der Waals surface area contributed by atoms with Crippen LogP contribution in [0.15, 0.2) is 47.6 Å². The number of hydrazone groups is 1. The molecule has 22 heavy (non-hydrogen) atoms. The van der Waals surface area contributed by atoms with E-state index in [9.17, 15) is 4.79 Å². The predicted molar refractivity (Wildman–Crippen MR) is 88.6 cm³/mol. The van der Waals surface area contributed by atoms with Gasteiger partial charge in [0.05, 0.1) is 12.8 Å². The molecule has 4 nitrogen and oxygen atoms in total. The molecule has 0 aromatic heterocycles. The normalized spacial score (nSPS) is 11.2. The zero-order valence-corrected chi connectivity index (χ0v) is 13.3. The summed E-state index contributed by atoms with van der Waals surface area (Å²) >= 11 is 0. The van der Waals surface area contributed by atoms with Crippen LogP contribution in [0.25, 0.3) is 0 Å². The van der Waals surface area contributed by atoms with Gasteiger partial charge in [-0.25, -0.2) is 5.43 Å². The van der Waals surface area contributed by atoms with Crippen LogP contribution in [0.5, 0.6) is 5.75 Å². The lowest BCUT2D eigenvalue weighted by atomic mass is 10.0. The molecule has 0 bridgehead atoms. The molecule has 0 fully saturated rings. The molecule has 0 unspecified atom stereocenters. The minimum absolute atomic E-state index is 0.245. The summed E-state index contributed by atoms with van der Waals surface area (Å²) in [5.74, 6) is 0.470. The highest BCUT2D eigenvalue weighted by Crippen LogP contribution is 2.12. The molecule has 0 saturated carbocycles. The Bertz CT molecular complexity index is 704. The number of benzene rings is 2. The van der Waals surface area contributed by atoms with E-state index in [0.717, 1.165) is 11.3 Å². The Morgan fingerprint density at radius 2 is 1.64 bits per heavy atom. The van der Waals surface area contributed by atoms with Crippen LogP contribution in [0, 0.1) is 13.8 Å². The lowest BCUT2D eigenvalue weighted by Crippen LogP contribution is -2.19. The molecule has 0 saturated heterocycles. The van der Waals surface area contributed by atoms with Gasteiger partial charge in [-0.2, -0.15) is 5.10 Å². The second kappa shape index (κ2) is 6.89. The third kappa shape index (κ3) is 3.73. The van der Waals surface area contributed by atoms with E-state index >= 15 is 0 Å². The summed E-state index contributed by atoms with van der Waals surface area (Å²) < 4.78 is 5.07. The van der Waals surface area contributed by atoms with Crippen molar-refractivity contribution >= 4 is 11.6 Å². The van der Waals surface area contributed by atoms with Crippen molar-refractivity contribution in [1.82, 2.24) is 5.43 Å². The van der Waals surface area contributed by atoms with Crippen molar-refractivity contribution < 1.29 is 9.53 Å². The molecular formula is C18H20N2O2. The molecule has 2 aromatic rings. The van der Waals surface area contributed by atoms with Crippen molar-refractivity contribution in [3.05, 3.63) is 64.7 Å². The Morgan fingerprint density at radius 3 is 2.23 bits per heavy atom. The minimum Gasteiger partial charge on any atom is -0.497 e. The zero-order chi connectivity index (χ0) is 16.1. The van der Waals surface area contributed by atoms with Crippen molar-refractivity contribution in [1.29, 1.82) is 0 Å². The van der Waals surface area contributed by atoms with Crippen molar-refractivity contribution in [2.24, 2.45) is 5.10 Å². The number of carbonyl (C=O) groups is 1. The number of carbonyl (C=O) groups excluding carboxylic acids is 1. The summed E-state index contributed by atoms with van der Waals surface area (Å²) in [5, 5.41) is 4.17. The topological polar surface area (TPSA) is 50.7 Å². The van der Waals surface area contributed by atoms with Crippen molar-refractivity contribution in [3.8, 4) is 5.75 Å². The van der Waals surface area contributed by atoms with Gasteiger partial charge in [0, 0.05) is 5.56 Å². The van der Waals surface area contributed by atoms with Crippen molar-refractivity contribution in [2.45, 2.75) is 20.8 Å². The third-order valence-electron chi connectivity index (χ3n) is 3.60. The van der Waals surface area contributed by atoms with Crippen LogP contribution in [0.1, 0.15) is 34.0 Å². The smallest absolute Gasteiger partial charge is 0.271 e. The SMILES string of the molecule is COc1ccc(C(=O)N/N=C(/C)c2ccc(C)c(C)c2)cc1. The van der Waals surface area contributed by atoms with Gasteiger partial charge >= 0.3 is 0 Å². The van der Waals surface area contributed by atoms with Crippen LogP contribution in [0.2, 0.25) is 0 Å². The lowest BCUT2D eigenvalue weighted by Gasteiger charge is -2.06. The average Bonchev–Trinajstić information content (AvgIpc) is 2.54. The first-order valence-corrected chi connectivity index (χ1v) is 7.07. The second-order valence-electron chi connectivity index (χ2n) is 5.17. The van der Waals surface area contributed by atoms with Crippen LogP contribution >= 0.6 is 0 Å². The number of amides is 1. The van der Waals surface area contributed by atoms with Gasteiger partial charge in [0.2, 0.25) is 0 Å². The molecule has 1 amide bonds. The number of ether oxygens (including phenoxy) is 1. The molecule has 0 radical (unpaired) electrons. The fourth-order valence-electron chi connectivity index (χ4n) is 1.97. The van der Waals surface area contributed by atoms with Gasteiger partial charge < -0.3 is 4.74 Å². The molecule has 0 heterocycles. The number of hydrogen-bond acceptors (Lipinski definition) is 3. The Morgan fingerprint density at radius 1 is 1.00 bits per heavy atom. The standard InChI is InChI=1S/C18H20N2O2/c1-12-5-6-16(11-13(12)2)14(3)19-20-18(21)15-7-9-17(22-4)10-8-15/h5-11H,1-4H3,(H,20,21)/b19-14-. The van der Waals surface area contributed by atoms with Crippen molar-refractivity contribution in [3.63, 3.8) is 0 Å². The summed E-state index contributed by atoms with van der Waals surface area (Å²) in [5.41, 5.74) is 7.32. The lowest BCUT2D eigenvalue weighted by molar-refractivity contribution is 0.0955. The molecule has 1 N–H and O–H groups in total. The van der Waals surface area contributed by atoms with Crippen LogP contribution in [-0.2, 0) is 0 Å². The molecule has 0 aliphatic heterocycles.